The maximum atomic E-state index is 13.8. The lowest BCUT2D eigenvalue weighted by molar-refractivity contribution is -0.384. The van der Waals surface area contributed by atoms with Gasteiger partial charge < -0.3 is 10.1 Å². The third-order valence-electron chi connectivity index (χ3n) is 5.07. The van der Waals surface area contributed by atoms with Gasteiger partial charge in [-0.1, -0.05) is 35.3 Å². The number of halogens is 2. The van der Waals surface area contributed by atoms with Crippen LogP contribution in [0.5, 0.6) is 5.75 Å². The molecule has 0 unspecified atom stereocenters. The van der Waals surface area contributed by atoms with E-state index in [1.54, 1.807) is 19.9 Å². The maximum Gasteiger partial charge on any atom is 0.271 e. The molecule has 0 aromatic heterocycles. The number of hydrogen-bond donors (Lipinski definition) is 1. The third-order valence-corrected chi connectivity index (χ3v) is 7.61. The van der Waals surface area contributed by atoms with Gasteiger partial charge in [-0.25, -0.2) is 8.42 Å². The second kappa shape index (κ2) is 10.5. The van der Waals surface area contributed by atoms with Crippen molar-refractivity contribution in [2.24, 2.45) is 0 Å². The molecular weight excluding hydrogens is 517 g/mol. The van der Waals surface area contributed by atoms with Crippen LogP contribution in [-0.2, 0) is 14.8 Å². The van der Waals surface area contributed by atoms with Gasteiger partial charge in [-0.3, -0.25) is 19.2 Å². The molecule has 3 rings (SSSR count). The van der Waals surface area contributed by atoms with Crippen LogP contribution < -0.4 is 14.4 Å². The molecule has 9 nitrogen and oxygen atoms in total. The summed E-state index contributed by atoms with van der Waals surface area (Å²) in [6.07, 6.45) is 0. The summed E-state index contributed by atoms with van der Waals surface area (Å²) in [5.41, 5.74) is 1.28. The van der Waals surface area contributed by atoms with Crippen molar-refractivity contribution < 1.29 is 22.9 Å². The van der Waals surface area contributed by atoms with E-state index < -0.39 is 27.4 Å². The highest BCUT2D eigenvalue weighted by molar-refractivity contribution is 7.93. The lowest BCUT2D eigenvalue weighted by atomic mass is 10.2. The second-order valence-corrected chi connectivity index (χ2v) is 10.2. The Morgan fingerprint density at radius 1 is 1.06 bits per heavy atom. The summed E-state index contributed by atoms with van der Waals surface area (Å²) in [7, 11) is -2.99. The predicted octanol–water partition coefficient (Wildman–Crippen LogP) is 5.36. The van der Waals surface area contributed by atoms with Crippen molar-refractivity contribution >= 4 is 56.2 Å². The van der Waals surface area contributed by atoms with Gasteiger partial charge in [-0.2, -0.15) is 0 Å². The van der Waals surface area contributed by atoms with E-state index in [9.17, 15) is 23.3 Å². The Morgan fingerprint density at radius 3 is 2.40 bits per heavy atom. The molecule has 1 N–H and O–H groups in total. The van der Waals surface area contributed by atoms with E-state index in [4.69, 9.17) is 27.9 Å². The second-order valence-electron chi connectivity index (χ2n) is 7.57. The summed E-state index contributed by atoms with van der Waals surface area (Å²) in [6, 6.07) is 12.8. The van der Waals surface area contributed by atoms with E-state index in [1.807, 2.05) is 0 Å². The number of nitro benzene ring substituents is 1. The van der Waals surface area contributed by atoms with E-state index in [1.165, 1.54) is 55.6 Å². The number of amides is 1. The van der Waals surface area contributed by atoms with Crippen LogP contribution in [0.3, 0.4) is 0 Å². The number of carbonyl (C=O) groups is 1. The fourth-order valence-corrected chi connectivity index (χ4v) is 5.19. The number of nitrogens with zero attached hydrogens (tertiary/aromatic N) is 2. The molecule has 0 spiro atoms. The number of benzene rings is 3. The molecule has 184 valence electrons. The highest BCUT2D eigenvalue weighted by atomic mass is 35.5. The predicted molar refractivity (Wildman–Crippen MR) is 135 cm³/mol. The number of rotatable bonds is 8. The van der Waals surface area contributed by atoms with Gasteiger partial charge in [0.2, 0.25) is 5.91 Å². The molecule has 12 heteroatoms. The zero-order valence-electron chi connectivity index (χ0n) is 18.9. The number of carbonyl (C=O) groups excluding carboxylic acids is 1. The first-order chi connectivity index (χ1) is 16.4. The van der Waals surface area contributed by atoms with Crippen LogP contribution in [0, 0.1) is 24.0 Å². The van der Waals surface area contributed by atoms with Crippen LogP contribution in [0.15, 0.2) is 59.5 Å². The summed E-state index contributed by atoms with van der Waals surface area (Å²) >= 11 is 12.1. The molecule has 0 aliphatic heterocycles. The zero-order valence-corrected chi connectivity index (χ0v) is 21.2. The average Bonchev–Trinajstić information content (AvgIpc) is 2.80. The Balaban J connectivity index is 2.06. The topological polar surface area (TPSA) is 119 Å². The number of sulfonamides is 1. The van der Waals surface area contributed by atoms with Crippen molar-refractivity contribution in [1.82, 2.24) is 0 Å². The van der Waals surface area contributed by atoms with Gasteiger partial charge in [0.05, 0.1) is 33.5 Å². The Labute approximate surface area is 212 Å². The number of methoxy groups -OCH3 is 1. The van der Waals surface area contributed by atoms with Crippen molar-refractivity contribution in [3.05, 3.63) is 85.9 Å². The van der Waals surface area contributed by atoms with Crippen molar-refractivity contribution in [2.75, 3.05) is 23.3 Å². The minimum absolute atomic E-state index is 0.0915. The lowest BCUT2D eigenvalue weighted by Crippen LogP contribution is -2.38. The largest absolute Gasteiger partial charge is 0.495 e. The summed E-state index contributed by atoms with van der Waals surface area (Å²) in [6.45, 7) is 2.73. The number of non-ortho nitro benzene ring substituents is 1. The number of ether oxygens (including phenoxy) is 1. The van der Waals surface area contributed by atoms with Crippen LogP contribution in [0.4, 0.5) is 17.1 Å². The quantitative estimate of drug-likeness (QED) is 0.305. The molecule has 1 amide bonds. The minimum Gasteiger partial charge on any atom is -0.495 e. The van der Waals surface area contributed by atoms with Crippen LogP contribution in [-0.4, -0.2) is 32.9 Å². The van der Waals surface area contributed by atoms with Gasteiger partial charge in [-0.05, 0) is 55.3 Å². The van der Waals surface area contributed by atoms with Crippen molar-refractivity contribution in [2.45, 2.75) is 18.7 Å². The number of aryl methyl sites for hydroxylation is 2. The summed E-state index contributed by atoms with van der Waals surface area (Å²) in [5, 5.41) is 14.0. The Hall–Kier alpha value is -3.34. The van der Waals surface area contributed by atoms with Gasteiger partial charge in [0.1, 0.15) is 17.2 Å². The molecule has 0 atom stereocenters. The van der Waals surface area contributed by atoms with Crippen molar-refractivity contribution in [1.29, 1.82) is 0 Å². The SMILES string of the molecule is COc1ccc(C)cc1S(=O)(=O)N(CC(=O)Nc1cc([N+](=O)[O-])ccc1C)c1ccc(Cl)c(Cl)c1. The van der Waals surface area contributed by atoms with E-state index >= 15 is 0 Å². The highest BCUT2D eigenvalue weighted by Crippen LogP contribution is 2.34. The van der Waals surface area contributed by atoms with Gasteiger partial charge >= 0.3 is 0 Å². The number of nitrogens with one attached hydrogen (secondary N) is 1. The van der Waals surface area contributed by atoms with Gasteiger partial charge in [0.15, 0.2) is 0 Å². The maximum absolute atomic E-state index is 13.8. The first-order valence-electron chi connectivity index (χ1n) is 10.1. The molecule has 0 aliphatic rings. The molecule has 0 fully saturated rings. The summed E-state index contributed by atoms with van der Waals surface area (Å²) < 4.78 is 33.6. The number of hydrogen-bond acceptors (Lipinski definition) is 6. The molecule has 0 saturated carbocycles. The van der Waals surface area contributed by atoms with Gasteiger partial charge in [0.25, 0.3) is 15.7 Å². The molecule has 3 aromatic rings. The third kappa shape index (κ3) is 5.84. The normalized spacial score (nSPS) is 11.1. The van der Waals surface area contributed by atoms with Crippen LogP contribution in [0.2, 0.25) is 10.0 Å². The first-order valence-corrected chi connectivity index (χ1v) is 12.3. The van der Waals surface area contributed by atoms with Gasteiger partial charge in [-0.15, -0.1) is 0 Å². The first kappa shape index (κ1) is 26.3. The van der Waals surface area contributed by atoms with E-state index in [0.717, 1.165) is 4.31 Å². The molecule has 0 aliphatic carbocycles. The van der Waals surface area contributed by atoms with Crippen molar-refractivity contribution in [3.8, 4) is 5.75 Å². The van der Waals surface area contributed by atoms with Crippen molar-refractivity contribution in [3.63, 3.8) is 0 Å². The van der Waals surface area contributed by atoms with Gasteiger partial charge in [0, 0.05) is 12.1 Å². The van der Waals surface area contributed by atoms with E-state index in [0.29, 0.717) is 11.1 Å². The average molecular weight is 538 g/mol. The van der Waals surface area contributed by atoms with Crippen LogP contribution >= 0.6 is 23.2 Å². The Bertz CT molecular complexity index is 1410. The standard InChI is InChI=1S/C23H21Cl2N3O6S/c1-14-4-9-21(34-3)22(10-14)35(32,33)27(16-7-8-18(24)19(25)11-16)13-23(29)26-20-12-17(28(30)31)6-5-15(20)2/h4-12H,13H2,1-3H3,(H,26,29). The van der Waals surface area contributed by atoms with Crippen LogP contribution in [0.25, 0.3) is 0 Å². The summed E-state index contributed by atoms with van der Waals surface area (Å²) in [5.74, 6) is -0.634. The molecule has 35 heavy (non-hydrogen) atoms. The molecule has 0 saturated heterocycles. The Kier molecular flexibility index (Phi) is 7.89. The van der Waals surface area contributed by atoms with Crippen LogP contribution in [0.1, 0.15) is 11.1 Å². The lowest BCUT2D eigenvalue weighted by Gasteiger charge is -2.25. The minimum atomic E-state index is -4.33. The molecule has 0 heterocycles. The highest BCUT2D eigenvalue weighted by Gasteiger charge is 2.31. The monoisotopic (exact) mass is 537 g/mol. The molecule has 3 aromatic carbocycles. The molecule has 0 radical (unpaired) electrons. The van der Waals surface area contributed by atoms with E-state index in [2.05, 4.69) is 5.32 Å². The molecule has 0 bridgehead atoms. The molecular formula is C23H21Cl2N3O6S. The number of nitro groups is 1. The Morgan fingerprint density at radius 2 is 1.77 bits per heavy atom. The smallest absolute Gasteiger partial charge is 0.271 e. The zero-order chi connectivity index (χ0) is 25.9. The van der Waals surface area contributed by atoms with E-state index in [-0.39, 0.29) is 37.8 Å². The fourth-order valence-electron chi connectivity index (χ4n) is 3.24. The summed E-state index contributed by atoms with van der Waals surface area (Å²) in [4.78, 5) is 23.4. The fraction of sp³-hybridized carbons (Fsp3) is 0.174. The number of anilines is 2.